The first-order valence-corrected chi connectivity index (χ1v) is 7.78. The molecule has 0 aliphatic heterocycles. The van der Waals surface area contributed by atoms with Crippen molar-refractivity contribution in [1.29, 1.82) is 0 Å². The zero-order valence-corrected chi connectivity index (χ0v) is 17.3. The van der Waals surface area contributed by atoms with Gasteiger partial charge in [-0.2, -0.15) is 0 Å². The van der Waals surface area contributed by atoms with Gasteiger partial charge in [0.05, 0.1) is 0 Å². The summed E-state index contributed by atoms with van der Waals surface area (Å²) in [6, 6.07) is 0. The largest absolute Gasteiger partial charge is 0.374 e. The molecule has 0 spiro atoms. The van der Waals surface area contributed by atoms with Gasteiger partial charge in [0.15, 0.2) is 0 Å². The molecule has 0 saturated carbocycles. The van der Waals surface area contributed by atoms with Crippen molar-refractivity contribution < 1.29 is 24.4 Å². The first-order chi connectivity index (χ1) is 7.20. The number of halogens is 2. The van der Waals surface area contributed by atoms with Crippen LogP contribution in [0.1, 0.15) is 33.4 Å². The van der Waals surface area contributed by atoms with Crippen LogP contribution in [0.4, 0.5) is 0 Å². The van der Waals surface area contributed by atoms with Crippen LogP contribution in [0.15, 0.2) is 0 Å². The van der Waals surface area contributed by atoms with Crippen LogP contribution >= 0.6 is 33.0 Å². The Labute approximate surface area is 145 Å². The molecule has 1 aromatic rings. The van der Waals surface area contributed by atoms with Crippen molar-refractivity contribution in [2.45, 2.75) is 41.5 Å². The minimum Gasteiger partial charge on any atom is -0.374 e. The van der Waals surface area contributed by atoms with Crippen molar-refractivity contribution in [3.8, 4) is 0 Å². The Hall–Kier alpha value is 0.813. The second-order valence-corrected chi connectivity index (χ2v) is 6.29. The summed E-state index contributed by atoms with van der Waals surface area (Å²) in [4.78, 5) is 8.12. The van der Waals surface area contributed by atoms with E-state index in [1.165, 1.54) is 33.4 Å². The maximum absolute atomic E-state index is 8.12. The molecule has 1 aromatic carbocycles. The van der Waals surface area contributed by atoms with Crippen LogP contribution in [0.25, 0.3) is 0 Å². The van der Waals surface area contributed by atoms with Crippen molar-refractivity contribution in [3.05, 3.63) is 33.4 Å². The molecule has 0 amide bonds. The third kappa shape index (κ3) is 8.64. The van der Waals surface area contributed by atoms with Gasteiger partial charge in [-0.3, -0.25) is 0 Å². The minimum atomic E-state index is -0.620. The van der Waals surface area contributed by atoms with Gasteiger partial charge in [-0.25, -0.2) is 0 Å². The van der Waals surface area contributed by atoms with Gasteiger partial charge in [0.1, 0.15) is 0 Å². The molecule has 19 heavy (non-hydrogen) atoms. The third-order valence-corrected chi connectivity index (χ3v) is 3.38. The van der Waals surface area contributed by atoms with Gasteiger partial charge >= 0.3 is 0 Å². The molecule has 1 N–H and O–H groups in total. The first kappa shape index (κ1) is 28.0. The van der Waals surface area contributed by atoms with Crippen LogP contribution in [0.2, 0.25) is 0 Å². The van der Waals surface area contributed by atoms with E-state index in [9.17, 15) is 0 Å². The van der Waals surface area contributed by atoms with Gasteiger partial charge in [0.25, 0.3) is 0 Å². The van der Waals surface area contributed by atoms with E-state index >= 15 is 0 Å². The maximum Gasteiger partial charge on any atom is 0.0187 e. The summed E-state index contributed by atoms with van der Waals surface area (Å²) < 4.78 is 0. The third-order valence-electron chi connectivity index (χ3n) is 3.38. The van der Waals surface area contributed by atoms with Crippen LogP contribution in [0.3, 0.4) is 0 Å². The molecule has 0 heterocycles. The summed E-state index contributed by atoms with van der Waals surface area (Å²) in [5.41, 5.74) is 8.73. The zero-order valence-electron chi connectivity index (χ0n) is 13.1. The number of hydrogen-bond acceptors (Lipinski definition) is 1. The Balaban J connectivity index is -0.000000144. The molecule has 0 aromatic heterocycles. The molecular formula is C14H27Cl2OPRu. The summed E-state index contributed by atoms with van der Waals surface area (Å²) in [5.74, 6) is 0. The molecular weight excluding hydrogens is 387 g/mol. The van der Waals surface area contributed by atoms with Crippen LogP contribution in [0, 0.1) is 41.5 Å². The predicted molar refractivity (Wildman–Crippen MR) is 90.3 cm³/mol. The molecule has 0 radical (unpaired) electrons. The molecule has 0 bridgehead atoms. The smallest absolute Gasteiger partial charge is 0.0187 e. The molecule has 0 fully saturated rings. The quantitative estimate of drug-likeness (QED) is 0.467. The average molecular weight is 414 g/mol. The molecule has 1 nitrogen and oxygen atoms in total. The summed E-state index contributed by atoms with van der Waals surface area (Å²) in [6.07, 6.45) is 0. The second kappa shape index (κ2) is 12.5. The molecule has 0 aliphatic carbocycles. The fraction of sp³-hybridized carbons (Fsp3) is 0.571. The van der Waals surface area contributed by atoms with Crippen LogP contribution in [0.5, 0.6) is 0 Å². The summed E-state index contributed by atoms with van der Waals surface area (Å²) in [6.45, 7) is 16.8. The average Bonchev–Trinajstić information content (AvgIpc) is 2.20. The first-order valence-electron chi connectivity index (χ1n) is 5.59. The molecule has 1 rings (SSSR count). The van der Waals surface area contributed by atoms with Crippen LogP contribution in [-0.2, 0) is 19.5 Å². The fourth-order valence-electron chi connectivity index (χ4n) is 1.69. The number of benzene rings is 1. The Morgan fingerprint density at radius 3 is 0.684 bits per heavy atom. The van der Waals surface area contributed by atoms with E-state index in [1.807, 2.05) is 0 Å². The van der Waals surface area contributed by atoms with Gasteiger partial charge in [-0.05, 0) is 88.3 Å². The second-order valence-electron chi connectivity index (χ2n) is 4.60. The standard InChI is InChI=1S/C12H18.C2H7OP.2ClH.Ru/c1-7-8(2)10(4)12(6)11(5)9(7)3;1-4(2)3;;;/h1-6H3;3H,1-2H3;2*1H;. The van der Waals surface area contributed by atoms with E-state index in [4.69, 9.17) is 4.89 Å². The fourth-order valence-corrected chi connectivity index (χ4v) is 1.69. The topological polar surface area (TPSA) is 20.2 Å². The van der Waals surface area contributed by atoms with Crippen molar-refractivity contribution in [1.82, 2.24) is 0 Å². The molecule has 116 valence electrons. The zero-order chi connectivity index (χ0) is 13.0. The Kier molecular flexibility index (Phi) is 18.5. The molecule has 0 saturated heterocycles. The van der Waals surface area contributed by atoms with E-state index in [2.05, 4.69) is 41.5 Å². The maximum atomic E-state index is 8.12. The minimum absolute atomic E-state index is 0. The summed E-state index contributed by atoms with van der Waals surface area (Å²) >= 11 is 0. The molecule has 5 heteroatoms. The number of rotatable bonds is 0. The van der Waals surface area contributed by atoms with Crippen molar-refractivity contribution in [3.63, 3.8) is 0 Å². The Morgan fingerprint density at radius 2 is 0.632 bits per heavy atom. The van der Waals surface area contributed by atoms with Crippen molar-refractivity contribution in [2.24, 2.45) is 0 Å². The van der Waals surface area contributed by atoms with Gasteiger partial charge in [-0.1, -0.05) is 0 Å². The molecule has 0 unspecified atom stereocenters. The van der Waals surface area contributed by atoms with Gasteiger partial charge in [-0.15, -0.1) is 24.8 Å². The van der Waals surface area contributed by atoms with E-state index in [1.54, 1.807) is 13.3 Å². The Bertz CT molecular complexity index is 274. The molecule has 0 aliphatic rings. The predicted octanol–water partition coefficient (Wildman–Crippen LogP) is 5.01. The normalized spacial score (nSPS) is 8.53. The van der Waals surface area contributed by atoms with Crippen molar-refractivity contribution >= 4 is 33.0 Å². The van der Waals surface area contributed by atoms with Gasteiger partial charge in [0, 0.05) is 27.6 Å². The van der Waals surface area contributed by atoms with E-state index in [0.29, 0.717) is 0 Å². The van der Waals surface area contributed by atoms with E-state index in [0.717, 1.165) is 0 Å². The van der Waals surface area contributed by atoms with Crippen molar-refractivity contribution in [2.75, 3.05) is 13.3 Å². The Morgan fingerprint density at radius 1 is 0.579 bits per heavy atom. The summed E-state index contributed by atoms with van der Waals surface area (Å²) in [5, 5.41) is 0. The van der Waals surface area contributed by atoms with Crippen LogP contribution in [-0.4, -0.2) is 18.2 Å². The van der Waals surface area contributed by atoms with E-state index < -0.39 is 8.15 Å². The monoisotopic (exact) mass is 414 g/mol. The number of hydrogen-bond donors (Lipinski definition) is 1. The summed E-state index contributed by atoms with van der Waals surface area (Å²) in [7, 11) is -0.620. The van der Waals surface area contributed by atoms with Crippen LogP contribution < -0.4 is 0 Å². The van der Waals surface area contributed by atoms with Gasteiger partial charge in [0.2, 0.25) is 0 Å². The van der Waals surface area contributed by atoms with Gasteiger partial charge < -0.3 is 4.89 Å². The SMILES string of the molecule is CP(C)O.Cc1c(C)c(C)c(C)c(C)c1C.Cl.Cl.[Ru]. The van der Waals surface area contributed by atoms with E-state index in [-0.39, 0.29) is 44.3 Å². The molecule has 0 atom stereocenters.